The fraction of sp³-hybridized carbons (Fsp3) is 0.600. The maximum Gasteiger partial charge on any atom is 0.240 e. The van der Waals surface area contributed by atoms with Crippen LogP contribution < -0.4 is 10.0 Å². The maximum atomic E-state index is 11.9. The summed E-state index contributed by atoms with van der Waals surface area (Å²) in [6.45, 7) is 5.28. The van der Waals surface area contributed by atoms with E-state index in [0.717, 1.165) is 30.6 Å². The molecule has 0 aromatic heterocycles. The molecule has 1 fully saturated rings. The number of hydrogen-bond donors (Lipinski definition) is 2. The topological polar surface area (TPSA) is 61.4 Å². The first kappa shape index (κ1) is 16.3. The van der Waals surface area contributed by atoms with Crippen molar-refractivity contribution in [2.24, 2.45) is 0 Å². The molecule has 2 rings (SSSR count). The van der Waals surface area contributed by atoms with Crippen LogP contribution in [0, 0.1) is 6.92 Å². The average Bonchev–Trinajstić information content (AvgIpc) is 2.45. The molecule has 2 unspecified atom stereocenters. The molecule has 1 aliphatic rings. The van der Waals surface area contributed by atoms with Gasteiger partial charge in [0, 0.05) is 24.3 Å². The van der Waals surface area contributed by atoms with Crippen LogP contribution in [0.15, 0.2) is 23.1 Å². The van der Waals surface area contributed by atoms with Gasteiger partial charge >= 0.3 is 0 Å². The molecule has 0 bridgehead atoms. The van der Waals surface area contributed by atoms with Crippen molar-refractivity contribution < 1.29 is 8.42 Å². The van der Waals surface area contributed by atoms with E-state index in [1.54, 1.807) is 12.1 Å². The number of hydrogen-bond acceptors (Lipinski definition) is 4. The summed E-state index contributed by atoms with van der Waals surface area (Å²) >= 11 is 0. The van der Waals surface area contributed by atoms with Gasteiger partial charge in [0.1, 0.15) is 0 Å². The Hall–Kier alpha value is -1.11. The zero-order valence-corrected chi connectivity index (χ0v) is 14.0. The molecule has 21 heavy (non-hydrogen) atoms. The number of anilines is 1. The Morgan fingerprint density at radius 1 is 1.33 bits per heavy atom. The Morgan fingerprint density at radius 3 is 2.67 bits per heavy atom. The number of benzene rings is 1. The largest absolute Gasteiger partial charge is 0.382 e. The first-order valence-corrected chi connectivity index (χ1v) is 8.83. The molecule has 1 saturated heterocycles. The minimum absolute atomic E-state index is 0.305. The van der Waals surface area contributed by atoms with Crippen LogP contribution in [-0.2, 0) is 10.0 Å². The Balaban J connectivity index is 2.18. The number of rotatable bonds is 4. The highest BCUT2D eigenvalue weighted by molar-refractivity contribution is 7.89. The van der Waals surface area contributed by atoms with Crippen molar-refractivity contribution >= 4 is 15.7 Å². The number of nitrogens with zero attached hydrogens (tertiary/aromatic N) is 1. The molecule has 0 aliphatic carbocycles. The van der Waals surface area contributed by atoms with Crippen LogP contribution in [0.1, 0.15) is 25.3 Å². The van der Waals surface area contributed by atoms with Crippen LogP contribution in [0.4, 0.5) is 5.69 Å². The smallest absolute Gasteiger partial charge is 0.240 e. The summed E-state index contributed by atoms with van der Waals surface area (Å²) in [5, 5.41) is 3.52. The number of likely N-dealkylation sites (tertiary alicyclic amines) is 1. The van der Waals surface area contributed by atoms with Gasteiger partial charge in [-0.3, -0.25) is 0 Å². The summed E-state index contributed by atoms with van der Waals surface area (Å²) < 4.78 is 26.2. The monoisotopic (exact) mass is 311 g/mol. The molecule has 2 N–H and O–H groups in total. The van der Waals surface area contributed by atoms with E-state index in [2.05, 4.69) is 28.9 Å². The molecule has 0 amide bonds. The summed E-state index contributed by atoms with van der Waals surface area (Å²) in [5.74, 6) is 0. The molecule has 1 aromatic carbocycles. The second-order valence-electron chi connectivity index (χ2n) is 5.88. The molecule has 5 nitrogen and oxygen atoms in total. The molecule has 0 spiro atoms. The van der Waals surface area contributed by atoms with Gasteiger partial charge in [-0.15, -0.1) is 0 Å². The standard InChI is InChI=1S/C15H25N3O2S/c1-11-5-6-14(21(19,20)16-3)10-15(11)17-13-7-8-18(4)12(2)9-13/h5-6,10,12-13,16-17H,7-9H2,1-4H3. The third-order valence-corrected chi connectivity index (χ3v) is 5.77. The van der Waals surface area contributed by atoms with Crippen molar-refractivity contribution in [1.29, 1.82) is 0 Å². The highest BCUT2D eigenvalue weighted by atomic mass is 32.2. The van der Waals surface area contributed by atoms with Crippen LogP contribution in [0.3, 0.4) is 0 Å². The van der Waals surface area contributed by atoms with E-state index in [-0.39, 0.29) is 0 Å². The molecule has 1 aliphatic heterocycles. The van der Waals surface area contributed by atoms with Gasteiger partial charge in [0.25, 0.3) is 0 Å². The number of sulfonamides is 1. The van der Waals surface area contributed by atoms with Gasteiger partial charge in [0.2, 0.25) is 10.0 Å². The Kier molecular flexibility index (Phi) is 4.91. The summed E-state index contributed by atoms with van der Waals surface area (Å²) in [6.07, 6.45) is 2.14. The van der Waals surface area contributed by atoms with Crippen molar-refractivity contribution in [1.82, 2.24) is 9.62 Å². The average molecular weight is 311 g/mol. The van der Waals surface area contributed by atoms with Crippen LogP contribution in [-0.4, -0.2) is 46.0 Å². The SMILES string of the molecule is CNS(=O)(=O)c1ccc(C)c(NC2CCN(C)C(C)C2)c1. The summed E-state index contributed by atoms with van der Waals surface area (Å²) in [4.78, 5) is 2.66. The molecule has 0 radical (unpaired) electrons. The van der Waals surface area contributed by atoms with Gasteiger partial charge in [-0.05, 0) is 58.5 Å². The second kappa shape index (κ2) is 6.34. The van der Waals surface area contributed by atoms with Crippen molar-refractivity contribution in [2.75, 3.05) is 26.0 Å². The van der Waals surface area contributed by atoms with E-state index in [0.29, 0.717) is 17.0 Å². The van der Waals surface area contributed by atoms with Crippen LogP contribution >= 0.6 is 0 Å². The first-order chi connectivity index (χ1) is 9.83. The van der Waals surface area contributed by atoms with Crippen LogP contribution in [0.5, 0.6) is 0 Å². The van der Waals surface area contributed by atoms with Gasteiger partial charge in [0.15, 0.2) is 0 Å². The predicted molar refractivity (Wildman–Crippen MR) is 86.2 cm³/mol. The lowest BCUT2D eigenvalue weighted by Gasteiger charge is -2.36. The highest BCUT2D eigenvalue weighted by Gasteiger charge is 2.23. The zero-order chi connectivity index (χ0) is 15.6. The van der Waals surface area contributed by atoms with Crippen LogP contribution in [0.2, 0.25) is 0 Å². The zero-order valence-electron chi connectivity index (χ0n) is 13.2. The fourth-order valence-corrected chi connectivity index (χ4v) is 3.44. The molecule has 6 heteroatoms. The van der Waals surface area contributed by atoms with Gasteiger partial charge in [-0.2, -0.15) is 0 Å². The Morgan fingerprint density at radius 2 is 2.05 bits per heavy atom. The van der Waals surface area contributed by atoms with E-state index < -0.39 is 10.0 Å². The van der Waals surface area contributed by atoms with E-state index in [1.807, 2.05) is 13.0 Å². The molecular weight excluding hydrogens is 286 g/mol. The normalized spacial score (nSPS) is 24.0. The van der Waals surface area contributed by atoms with E-state index in [9.17, 15) is 8.42 Å². The van der Waals surface area contributed by atoms with Crippen molar-refractivity contribution in [3.63, 3.8) is 0 Å². The predicted octanol–water partition coefficient (Wildman–Crippen LogP) is 1.80. The minimum Gasteiger partial charge on any atom is -0.382 e. The third kappa shape index (κ3) is 3.75. The molecular formula is C15H25N3O2S. The lowest BCUT2D eigenvalue weighted by atomic mass is 9.98. The van der Waals surface area contributed by atoms with Gasteiger partial charge < -0.3 is 10.2 Å². The molecule has 1 aromatic rings. The van der Waals surface area contributed by atoms with Crippen LogP contribution in [0.25, 0.3) is 0 Å². The minimum atomic E-state index is -3.40. The summed E-state index contributed by atoms with van der Waals surface area (Å²) in [6, 6.07) is 6.15. The first-order valence-electron chi connectivity index (χ1n) is 7.34. The Bertz CT molecular complexity index is 601. The molecule has 1 heterocycles. The van der Waals surface area contributed by atoms with Gasteiger partial charge in [-0.1, -0.05) is 6.07 Å². The molecule has 0 saturated carbocycles. The molecule has 2 atom stereocenters. The van der Waals surface area contributed by atoms with Gasteiger partial charge in [0.05, 0.1) is 4.90 Å². The second-order valence-corrected chi connectivity index (χ2v) is 7.77. The number of nitrogens with one attached hydrogen (secondary N) is 2. The maximum absolute atomic E-state index is 11.9. The fourth-order valence-electron chi connectivity index (χ4n) is 2.68. The molecule has 118 valence electrons. The summed E-state index contributed by atoms with van der Waals surface area (Å²) in [7, 11) is 0.181. The van der Waals surface area contributed by atoms with E-state index in [1.165, 1.54) is 7.05 Å². The Labute approximate surface area is 127 Å². The van der Waals surface area contributed by atoms with Crippen molar-refractivity contribution in [2.45, 2.75) is 43.7 Å². The lowest BCUT2D eigenvalue weighted by Crippen LogP contribution is -2.42. The van der Waals surface area contributed by atoms with Gasteiger partial charge in [-0.25, -0.2) is 13.1 Å². The van der Waals surface area contributed by atoms with E-state index >= 15 is 0 Å². The number of piperidine rings is 1. The highest BCUT2D eigenvalue weighted by Crippen LogP contribution is 2.24. The quantitative estimate of drug-likeness (QED) is 0.890. The number of aryl methyl sites for hydroxylation is 1. The van der Waals surface area contributed by atoms with Crippen molar-refractivity contribution in [3.05, 3.63) is 23.8 Å². The lowest BCUT2D eigenvalue weighted by molar-refractivity contribution is 0.190. The van der Waals surface area contributed by atoms with Crippen molar-refractivity contribution in [3.8, 4) is 0 Å². The van der Waals surface area contributed by atoms with E-state index in [4.69, 9.17) is 0 Å². The third-order valence-electron chi connectivity index (χ3n) is 4.36. The summed E-state index contributed by atoms with van der Waals surface area (Å²) in [5.41, 5.74) is 1.98.